The zero-order chi connectivity index (χ0) is 85.9. The van der Waals surface area contributed by atoms with Gasteiger partial charge in [-0.1, -0.05) is 519 Å². The van der Waals surface area contributed by atoms with Gasteiger partial charge in [-0.05, 0) is 132 Å². The van der Waals surface area contributed by atoms with Gasteiger partial charge >= 0.3 is 0 Å². The lowest BCUT2D eigenvalue weighted by molar-refractivity contribution is -0.331. The molecule has 7 heteroatoms. The lowest BCUT2D eigenvalue weighted by atomic mass is 9.79. The van der Waals surface area contributed by atoms with Crippen molar-refractivity contribution in [1.29, 1.82) is 0 Å². The summed E-state index contributed by atoms with van der Waals surface area (Å²) in [5.74, 6) is 0.000316. The Balaban J connectivity index is 9.68. The van der Waals surface area contributed by atoms with Gasteiger partial charge in [-0.2, -0.15) is 0 Å². The molecule has 0 N–H and O–H groups in total. The highest BCUT2D eigenvalue weighted by Crippen LogP contribution is 2.48. The molecule has 0 aromatic rings. The van der Waals surface area contributed by atoms with E-state index in [0.717, 1.165) is 6.54 Å². The molecule has 3 atom stereocenters. The van der Waals surface area contributed by atoms with E-state index in [2.05, 4.69) is 152 Å². The topological polar surface area (TPSA) is 22.7 Å². The van der Waals surface area contributed by atoms with Crippen molar-refractivity contribution < 1.29 is 0 Å². The number of rotatable bonds is 99. The zero-order valence-corrected chi connectivity index (χ0v) is 85.0. The monoisotopic (exact) mass is 1650 g/mol. The lowest BCUT2D eigenvalue weighted by Gasteiger charge is -2.71. The Hall–Kier alpha value is -0.280. The third-order valence-corrected chi connectivity index (χ3v) is 27.7. The second-order valence-electron chi connectivity index (χ2n) is 40.4. The molecule has 7 nitrogen and oxygen atoms in total. The van der Waals surface area contributed by atoms with Crippen molar-refractivity contribution in [2.45, 2.75) is 634 Å². The van der Waals surface area contributed by atoms with Gasteiger partial charge in [0.1, 0.15) is 0 Å². The molecule has 117 heavy (non-hydrogen) atoms. The van der Waals surface area contributed by atoms with E-state index in [1.807, 2.05) is 0 Å². The van der Waals surface area contributed by atoms with Crippen LogP contribution in [-0.2, 0) is 0 Å². The minimum atomic E-state index is -0.484. The first-order valence-electron chi connectivity index (χ1n) is 55.4. The molecule has 0 aliphatic carbocycles. The maximum atomic E-state index is 3.44. The van der Waals surface area contributed by atoms with Gasteiger partial charge in [-0.15, -0.1) is 0 Å². The molecule has 0 saturated heterocycles. The molecule has 0 aliphatic heterocycles. The molecule has 0 aliphatic rings. The summed E-state index contributed by atoms with van der Waals surface area (Å²) < 4.78 is 0. The first-order valence-corrected chi connectivity index (χ1v) is 55.4. The number of hydrogen-bond acceptors (Lipinski definition) is 7. The average molecular weight is 1650 g/mol. The maximum absolute atomic E-state index is 3.44. The molecular formula is C110H229N7. The van der Waals surface area contributed by atoms with Crippen LogP contribution in [0, 0.1) is 5.92 Å². The highest BCUT2D eigenvalue weighted by atomic mass is 15.8. The number of unbranched alkanes of at least 4 members (excludes halogenated alkanes) is 70. The molecule has 0 saturated carbocycles. The Labute approximate surface area is 743 Å². The van der Waals surface area contributed by atoms with Crippen LogP contribution in [0.4, 0.5) is 0 Å². The molecule has 0 aromatic carbocycles. The summed E-state index contributed by atoms with van der Waals surface area (Å²) in [5.41, 5.74) is -0.377. The van der Waals surface area contributed by atoms with Gasteiger partial charge in [0.15, 0.2) is 5.79 Å². The number of likely N-dealkylation sites (N-methyl/N-ethyl adjacent to an activating group) is 1. The largest absolute Gasteiger partial charge is 0.297 e. The van der Waals surface area contributed by atoms with Crippen LogP contribution in [0.3, 0.4) is 0 Å². The van der Waals surface area contributed by atoms with Gasteiger partial charge in [-0.3, -0.25) is 24.5 Å². The number of hydrazine groups is 1. The van der Waals surface area contributed by atoms with Crippen molar-refractivity contribution in [3.8, 4) is 0 Å². The molecule has 0 amide bonds. The maximum Gasteiger partial charge on any atom is 0.165 e. The van der Waals surface area contributed by atoms with E-state index in [4.69, 9.17) is 0 Å². The summed E-state index contributed by atoms with van der Waals surface area (Å²) in [7, 11) is 5.39. The van der Waals surface area contributed by atoms with E-state index in [0.29, 0.717) is 18.0 Å². The van der Waals surface area contributed by atoms with Crippen LogP contribution in [-0.4, -0.2) is 137 Å². The third kappa shape index (κ3) is 60.9. The van der Waals surface area contributed by atoms with Crippen molar-refractivity contribution in [2.24, 2.45) is 5.92 Å². The Morgan fingerprint density at radius 2 is 0.342 bits per heavy atom. The van der Waals surface area contributed by atoms with Crippen LogP contribution in [0.2, 0.25) is 0 Å². The summed E-state index contributed by atoms with van der Waals surface area (Å²) in [5, 5.41) is 6.40. The second-order valence-corrected chi connectivity index (χ2v) is 40.4. The van der Waals surface area contributed by atoms with Crippen LogP contribution in [0.15, 0.2) is 0 Å². The standard InChI is InChI=1S/C110H229N7/c1-18-26-34-42-50-54-58-60-62-64-66-68-72-78-86-94-102-115(103-95-87-79-73-69-67-65-63-61-59-55-51-43-35-27-19-2)110(116(104-105(9)10)117(106(11)12)107(13)14,114(100-92-84-76-70-56-52-44-36-28-20-3)101-93-85-77-71-57-53-45-37-29-21-4)109(15,111(16)17)108(112(96-88-80-48-40-32-24-7)97-89-81-49-41-33-25-8)113(98-90-82-74-46-38-30-22-5)99-91-83-75-47-39-31-23-6/h105-108H,18-104H2,1-17H3. The summed E-state index contributed by atoms with van der Waals surface area (Å²) in [6.45, 7) is 48.6. The van der Waals surface area contributed by atoms with Gasteiger partial charge in [0, 0.05) is 44.8 Å². The van der Waals surface area contributed by atoms with E-state index >= 15 is 0 Å². The Morgan fingerprint density at radius 1 is 0.197 bits per heavy atom. The molecule has 3 unspecified atom stereocenters. The fourth-order valence-corrected chi connectivity index (χ4v) is 20.5. The van der Waals surface area contributed by atoms with Gasteiger partial charge < -0.3 is 0 Å². The second kappa shape index (κ2) is 87.8. The van der Waals surface area contributed by atoms with Gasteiger partial charge in [0.25, 0.3) is 0 Å². The van der Waals surface area contributed by atoms with Crippen molar-refractivity contribution >= 4 is 0 Å². The first kappa shape index (κ1) is 117. The van der Waals surface area contributed by atoms with Crippen molar-refractivity contribution in [2.75, 3.05) is 73.0 Å². The SMILES string of the molecule is CCCCCCCCCCCCCCCCCCN(CCCCCCCCCCCCCCCCCC)C(N(CCCCCCCCCCCC)CCCCCCCCCCCC)(N(CC(C)C)N(C(C)C)C(C)C)C(C)(C(N(CCCCCCCC)CCCCCCCC)N(CCCCCCCCC)CCCCCCCCC)N(C)C. The van der Waals surface area contributed by atoms with Crippen LogP contribution in [0.5, 0.6) is 0 Å². The lowest BCUT2D eigenvalue weighted by Crippen LogP contribution is -2.89. The average Bonchev–Trinajstić information content (AvgIpc) is 0.695. The first-order chi connectivity index (χ1) is 57.2. The Kier molecular flexibility index (Phi) is 87.6. The molecule has 0 rings (SSSR count). The fraction of sp³-hybridized carbons (Fsp3) is 1.00. The van der Waals surface area contributed by atoms with Crippen LogP contribution in [0.25, 0.3) is 0 Å². The predicted molar refractivity (Wildman–Crippen MR) is 534 cm³/mol. The normalized spacial score (nSPS) is 13.8. The quantitative estimate of drug-likeness (QED) is 0.0340. The fourth-order valence-electron chi connectivity index (χ4n) is 20.5. The summed E-state index contributed by atoms with van der Waals surface area (Å²) in [6, 6.07) is 0.688. The predicted octanol–water partition coefficient (Wildman–Crippen LogP) is 36.1. The zero-order valence-electron chi connectivity index (χ0n) is 85.0. The van der Waals surface area contributed by atoms with Gasteiger partial charge in [-0.25, -0.2) is 10.0 Å². The Bertz CT molecular complexity index is 1780. The van der Waals surface area contributed by atoms with Crippen molar-refractivity contribution in [1.82, 2.24) is 34.5 Å². The molecule has 0 fully saturated rings. The number of nitrogens with zero attached hydrogens (tertiary/aromatic N) is 7. The molecule has 0 aromatic heterocycles. The van der Waals surface area contributed by atoms with E-state index in [-0.39, 0.29) is 11.7 Å². The Morgan fingerprint density at radius 3 is 0.479 bits per heavy atom. The highest BCUT2D eigenvalue weighted by molar-refractivity contribution is 5.15. The minimum absolute atomic E-state index is 0.219. The molecule has 0 heterocycles. The third-order valence-electron chi connectivity index (χ3n) is 27.7. The summed E-state index contributed by atoms with van der Waals surface area (Å²) in [4.78, 5) is 16.6. The van der Waals surface area contributed by atoms with E-state index in [9.17, 15) is 0 Å². The molecular weight excluding hydrogens is 1420 g/mol. The van der Waals surface area contributed by atoms with E-state index in [1.54, 1.807) is 0 Å². The smallest absolute Gasteiger partial charge is 0.165 e. The summed E-state index contributed by atoms with van der Waals surface area (Å²) >= 11 is 0. The van der Waals surface area contributed by atoms with Crippen LogP contribution >= 0.6 is 0 Å². The molecule has 704 valence electrons. The van der Waals surface area contributed by atoms with Crippen LogP contribution in [0.1, 0.15) is 605 Å². The van der Waals surface area contributed by atoms with Crippen LogP contribution < -0.4 is 0 Å². The van der Waals surface area contributed by atoms with Crippen molar-refractivity contribution in [3.63, 3.8) is 0 Å². The summed E-state index contributed by atoms with van der Waals surface area (Å²) in [6.07, 6.45) is 109. The van der Waals surface area contributed by atoms with E-state index in [1.165, 1.54) is 553 Å². The minimum Gasteiger partial charge on any atom is -0.297 e. The molecule has 0 spiro atoms. The molecule has 0 radical (unpaired) electrons. The molecule has 0 bridgehead atoms. The highest BCUT2D eigenvalue weighted by Gasteiger charge is 2.66. The van der Waals surface area contributed by atoms with Crippen molar-refractivity contribution in [3.05, 3.63) is 0 Å². The van der Waals surface area contributed by atoms with Gasteiger partial charge in [0.05, 0.1) is 11.7 Å². The van der Waals surface area contributed by atoms with E-state index < -0.39 is 5.79 Å². The van der Waals surface area contributed by atoms with Gasteiger partial charge in [0.2, 0.25) is 0 Å². The number of hydrogen-bond donors (Lipinski definition) is 0.